The predicted molar refractivity (Wildman–Crippen MR) is 111 cm³/mol. The van der Waals surface area contributed by atoms with Gasteiger partial charge in [0, 0.05) is 5.56 Å². The Morgan fingerprint density at radius 3 is 2.31 bits per heavy atom. The van der Waals surface area contributed by atoms with Crippen molar-refractivity contribution < 1.29 is 31.9 Å². The molecule has 0 saturated heterocycles. The number of halogens is 1. The number of benzene rings is 3. The smallest absolute Gasteiger partial charge is 0.271 e. The van der Waals surface area contributed by atoms with Gasteiger partial charge in [-0.1, -0.05) is 12.1 Å². The summed E-state index contributed by atoms with van der Waals surface area (Å²) in [5.74, 6) is -1.03. The molecule has 1 aliphatic heterocycles. The van der Waals surface area contributed by atoms with Crippen LogP contribution in [-0.2, 0) is 10.0 Å². The fraction of sp³-hybridized carbons (Fsp3) is 0.0476. The average Bonchev–Trinajstić information content (AvgIpc) is 3.25. The van der Waals surface area contributed by atoms with Crippen molar-refractivity contribution in [3.63, 3.8) is 0 Å². The lowest BCUT2D eigenvalue weighted by Gasteiger charge is -2.13. The zero-order valence-electron chi connectivity index (χ0n) is 16.3. The number of carbonyl (C=O) groups excluding carboxylic acids is 2. The van der Waals surface area contributed by atoms with Gasteiger partial charge in [0.25, 0.3) is 21.8 Å². The highest BCUT2D eigenvalue weighted by Gasteiger charge is 2.20. The summed E-state index contributed by atoms with van der Waals surface area (Å²) in [5, 5.41) is 0. The van der Waals surface area contributed by atoms with Gasteiger partial charge in [-0.05, 0) is 54.6 Å². The summed E-state index contributed by atoms with van der Waals surface area (Å²) in [6.07, 6.45) is 0. The zero-order valence-corrected chi connectivity index (χ0v) is 17.1. The Bertz CT molecular complexity index is 1300. The third-order valence-corrected chi connectivity index (χ3v) is 5.85. The van der Waals surface area contributed by atoms with Crippen LogP contribution in [-0.4, -0.2) is 27.0 Å². The average molecular weight is 457 g/mol. The van der Waals surface area contributed by atoms with Gasteiger partial charge in [-0.3, -0.25) is 25.2 Å². The second kappa shape index (κ2) is 8.55. The largest absolute Gasteiger partial charge is 0.454 e. The molecule has 3 aromatic carbocycles. The van der Waals surface area contributed by atoms with E-state index in [0.29, 0.717) is 11.5 Å². The normalized spacial score (nSPS) is 12.2. The third kappa shape index (κ3) is 4.47. The molecule has 0 fully saturated rings. The molecule has 0 bridgehead atoms. The molecule has 1 aliphatic rings. The molecule has 0 aromatic heterocycles. The molecule has 11 heteroatoms. The monoisotopic (exact) mass is 457 g/mol. The Morgan fingerprint density at radius 1 is 0.844 bits per heavy atom. The molecule has 4 rings (SSSR count). The first-order chi connectivity index (χ1) is 15.3. The van der Waals surface area contributed by atoms with E-state index in [9.17, 15) is 22.4 Å². The molecule has 3 N–H and O–H groups in total. The first-order valence-corrected chi connectivity index (χ1v) is 10.7. The van der Waals surface area contributed by atoms with Crippen molar-refractivity contribution >= 4 is 27.5 Å². The van der Waals surface area contributed by atoms with Crippen LogP contribution in [0.25, 0.3) is 0 Å². The molecule has 0 radical (unpaired) electrons. The summed E-state index contributed by atoms with van der Waals surface area (Å²) in [4.78, 5) is 24.8. The summed E-state index contributed by atoms with van der Waals surface area (Å²) >= 11 is 0. The number of nitrogens with one attached hydrogen (secondary N) is 3. The van der Waals surface area contributed by atoms with E-state index in [2.05, 4.69) is 15.6 Å². The lowest BCUT2D eigenvalue weighted by molar-refractivity contribution is 0.0847. The van der Waals surface area contributed by atoms with E-state index in [1.165, 1.54) is 36.4 Å². The molecular formula is C21H16FN3O6S. The van der Waals surface area contributed by atoms with Crippen LogP contribution in [0.4, 0.5) is 10.1 Å². The Hall–Kier alpha value is -4.12. The fourth-order valence-corrected chi connectivity index (χ4v) is 3.96. The lowest BCUT2D eigenvalue weighted by Crippen LogP contribution is -2.41. The second-order valence-corrected chi connectivity index (χ2v) is 8.26. The van der Waals surface area contributed by atoms with Crippen LogP contribution in [0.1, 0.15) is 20.7 Å². The fourth-order valence-electron chi connectivity index (χ4n) is 2.88. The van der Waals surface area contributed by atoms with Crippen LogP contribution in [0.5, 0.6) is 11.5 Å². The van der Waals surface area contributed by atoms with Gasteiger partial charge < -0.3 is 9.47 Å². The van der Waals surface area contributed by atoms with Gasteiger partial charge in [0.05, 0.1) is 16.1 Å². The molecule has 0 aliphatic carbocycles. The van der Waals surface area contributed by atoms with E-state index in [-0.39, 0.29) is 28.5 Å². The maximum absolute atomic E-state index is 13.1. The van der Waals surface area contributed by atoms with E-state index in [4.69, 9.17) is 9.47 Å². The minimum absolute atomic E-state index is 0.0216. The molecular weight excluding hydrogens is 441 g/mol. The van der Waals surface area contributed by atoms with E-state index in [1.54, 1.807) is 6.07 Å². The van der Waals surface area contributed by atoms with Crippen molar-refractivity contribution in [3.05, 3.63) is 83.7 Å². The quantitative estimate of drug-likeness (QED) is 0.506. The van der Waals surface area contributed by atoms with E-state index in [1.807, 2.05) is 0 Å². The summed E-state index contributed by atoms with van der Waals surface area (Å²) in [6, 6.07) is 14.6. The van der Waals surface area contributed by atoms with Crippen LogP contribution >= 0.6 is 0 Å². The van der Waals surface area contributed by atoms with Gasteiger partial charge in [0.2, 0.25) is 6.79 Å². The highest BCUT2D eigenvalue weighted by molar-refractivity contribution is 7.92. The van der Waals surface area contributed by atoms with E-state index >= 15 is 0 Å². The number of fused-ring (bicyclic) bond motifs is 1. The number of rotatable bonds is 5. The molecule has 0 atom stereocenters. The SMILES string of the molecule is O=C(NNC(=O)c1ccccc1NS(=O)(=O)c1ccc(F)cc1)c1ccc2c(c1)OCO2. The van der Waals surface area contributed by atoms with Gasteiger partial charge >= 0.3 is 0 Å². The molecule has 2 amide bonds. The molecule has 32 heavy (non-hydrogen) atoms. The zero-order chi connectivity index (χ0) is 22.7. The third-order valence-electron chi connectivity index (χ3n) is 4.46. The van der Waals surface area contributed by atoms with Crippen LogP contribution in [0.3, 0.4) is 0 Å². The van der Waals surface area contributed by atoms with Crippen molar-refractivity contribution in [2.75, 3.05) is 11.5 Å². The Balaban J connectivity index is 1.46. The number of hydrazine groups is 1. The number of anilines is 1. The standard InChI is InChI=1S/C21H16FN3O6S/c22-14-6-8-15(9-7-14)32(28,29)25-17-4-2-1-3-16(17)21(27)24-23-20(26)13-5-10-18-19(11-13)31-12-30-18/h1-11,25H,12H2,(H,23,26)(H,24,27). The van der Waals surface area contributed by atoms with Gasteiger partial charge in [0.15, 0.2) is 11.5 Å². The van der Waals surface area contributed by atoms with Crippen molar-refractivity contribution in [2.45, 2.75) is 4.90 Å². The first kappa shape index (κ1) is 21.1. The number of sulfonamides is 1. The summed E-state index contributed by atoms with van der Waals surface area (Å²) in [6.45, 7) is 0.0573. The Kier molecular flexibility index (Phi) is 5.65. The number of ether oxygens (including phenoxy) is 2. The predicted octanol–water partition coefficient (Wildman–Crippen LogP) is 2.43. The molecule has 3 aromatic rings. The van der Waals surface area contributed by atoms with Gasteiger partial charge in [-0.15, -0.1) is 0 Å². The summed E-state index contributed by atoms with van der Waals surface area (Å²) in [7, 11) is -4.08. The molecule has 0 unspecified atom stereocenters. The van der Waals surface area contributed by atoms with E-state index < -0.39 is 27.7 Å². The Morgan fingerprint density at radius 2 is 1.53 bits per heavy atom. The van der Waals surface area contributed by atoms with Crippen LogP contribution in [0, 0.1) is 5.82 Å². The molecule has 0 saturated carbocycles. The van der Waals surface area contributed by atoms with Gasteiger partial charge in [-0.2, -0.15) is 0 Å². The van der Waals surface area contributed by atoms with Gasteiger partial charge in [-0.25, -0.2) is 12.8 Å². The van der Waals surface area contributed by atoms with E-state index in [0.717, 1.165) is 24.3 Å². The number of hydrogen-bond donors (Lipinski definition) is 3. The van der Waals surface area contributed by atoms with Crippen LogP contribution in [0.2, 0.25) is 0 Å². The van der Waals surface area contributed by atoms with Gasteiger partial charge in [0.1, 0.15) is 5.82 Å². The van der Waals surface area contributed by atoms with Crippen LogP contribution < -0.4 is 25.0 Å². The van der Waals surface area contributed by atoms with Crippen molar-refractivity contribution in [2.24, 2.45) is 0 Å². The molecule has 9 nitrogen and oxygen atoms in total. The minimum atomic E-state index is -4.08. The molecule has 1 heterocycles. The topological polar surface area (TPSA) is 123 Å². The van der Waals surface area contributed by atoms with Crippen molar-refractivity contribution in [3.8, 4) is 11.5 Å². The maximum Gasteiger partial charge on any atom is 0.271 e. The maximum atomic E-state index is 13.1. The second-order valence-electron chi connectivity index (χ2n) is 6.58. The molecule has 0 spiro atoms. The lowest BCUT2D eigenvalue weighted by atomic mass is 10.2. The highest BCUT2D eigenvalue weighted by Crippen LogP contribution is 2.32. The van der Waals surface area contributed by atoms with Crippen LogP contribution in [0.15, 0.2) is 71.6 Å². The number of para-hydroxylation sites is 1. The minimum Gasteiger partial charge on any atom is -0.454 e. The summed E-state index contributed by atoms with van der Waals surface area (Å²) in [5.41, 5.74) is 4.67. The van der Waals surface area contributed by atoms with Crippen molar-refractivity contribution in [1.82, 2.24) is 10.9 Å². The summed E-state index contributed by atoms with van der Waals surface area (Å²) < 4.78 is 50.9. The first-order valence-electron chi connectivity index (χ1n) is 9.21. The number of amides is 2. The number of hydrogen-bond acceptors (Lipinski definition) is 6. The Labute approximate surface area is 182 Å². The highest BCUT2D eigenvalue weighted by atomic mass is 32.2. The van der Waals surface area contributed by atoms with Crippen molar-refractivity contribution in [1.29, 1.82) is 0 Å². The molecule has 164 valence electrons. The number of carbonyl (C=O) groups is 2.